The van der Waals surface area contributed by atoms with Crippen LogP contribution in [0.3, 0.4) is 0 Å². The molecular formula is C18H26N4O2S. The lowest BCUT2D eigenvalue weighted by Gasteiger charge is -2.43. The normalized spacial score (nSPS) is 20.2. The van der Waals surface area contributed by atoms with E-state index >= 15 is 0 Å². The lowest BCUT2D eigenvalue weighted by molar-refractivity contribution is 0.0703. The van der Waals surface area contributed by atoms with Crippen molar-refractivity contribution in [2.24, 2.45) is 11.1 Å². The third kappa shape index (κ3) is 3.18. The predicted octanol–water partition coefficient (Wildman–Crippen LogP) is 3.09. The van der Waals surface area contributed by atoms with E-state index in [1.165, 1.54) is 0 Å². The van der Waals surface area contributed by atoms with Gasteiger partial charge in [-0.1, -0.05) is 27.2 Å². The van der Waals surface area contributed by atoms with E-state index in [1.54, 1.807) is 0 Å². The molecule has 2 aromatic heterocycles. The van der Waals surface area contributed by atoms with Gasteiger partial charge in [-0.3, -0.25) is 0 Å². The number of thiophene rings is 1. The molecular weight excluding hydrogens is 336 g/mol. The van der Waals surface area contributed by atoms with Crippen molar-refractivity contribution in [3.8, 4) is 0 Å². The Labute approximate surface area is 151 Å². The number of carboxylic acids is 1. The van der Waals surface area contributed by atoms with Crippen LogP contribution in [0.5, 0.6) is 0 Å². The number of nitrogens with two attached hydrogens (primary N) is 2. The summed E-state index contributed by atoms with van der Waals surface area (Å²) >= 11 is 1.16. The Hall–Kier alpha value is -1.86. The van der Waals surface area contributed by atoms with Crippen LogP contribution in [0.2, 0.25) is 0 Å². The highest BCUT2D eigenvalue weighted by atomic mass is 32.1. The second-order valence-electron chi connectivity index (χ2n) is 7.53. The van der Waals surface area contributed by atoms with Crippen LogP contribution >= 0.6 is 11.3 Å². The number of anilines is 2. The maximum atomic E-state index is 11.4. The Kier molecular flexibility index (Phi) is 4.64. The zero-order chi connectivity index (χ0) is 18.4. The molecule has 3 rings (SSSR count). The van der Waals surface area contributed by atoms with Crippen molar-refractivity contribution < 1.29 is 9.90 Å². The van der Waals surface area contributed by atoms with Crippen molar-refractivity contribution in [2.45, 2.75) is 46.1 Å². The molecule has 1 saturated heterocycles. The number of carboxylic acid groups (broad SMARTS) is 1. The molecule has 2 aromatic rings. The summed E-state index contributed by atoms with van der Waals surface area (Å²) in [6.45, 7) is 8.17. The first kappa shape index (κ1) is 17.9. The summed E-state index contributed by atoms with van der Waals surface area (Å²) in [5.74, 6) is -0.0938. The van der Waals surface area contributed by atoms with Crippen molar-refractivity contribution in [3.05, 3.63) is 16.5 Å². The monoisotopic (exact) mass is 362 g/mol. The number of fused-ring (bicyclic) bond motifs is 1. The summed E-state index contributed by atoms with van der Waals surface area (Å²) < 4.78 is 0. The summed E-state index contributed by atoms with van der Waals surface area (Å²) in [7, 11) is 0. The van der Waals surface area contributed by atoms with Gasteiger partial charge in [0.1, 0.15) is 15.5 Å². The van der Waals surface area contributed by atoms with Gasteiger partial charge in [0.2, 0.25) is 0 Å². The van der Waals surface area contributed by atoms with E-state index < -0.39 is 5.97 Å². The molecule has 7 heteroatoms. The first-order valence-corrected chi connectivity index (χ1v) is 9.52. The zero-order valence-corrected chi connectivity index (χ0v) is 15.8. The van der Waals surface area contributed by atoms with Gasteiger partial charge in [0.25, 0.3) is 0 Å². The summed E-state index contributed by atoms with van der Waals surface area (Å²) in [6, 6.07) is 2.26. The van der Waals surface area contributed by atoms with Crippen LogP contribution in [-0.2, 0) is 6.42 Å². The lowest BCUT2D eigenvalue weighted by Crippen LogP contribution is -2.52. The number of aryl methyl sites for hydroxylation is 1. The molecule has 0 aromatic carbocycles. The van der Waals surface area contributed by atoms with E-state index in [0.29, 0.717) is 10.5 Å². The Balaban J connectivity index is 2.09. The minimum absolute atomic E-state index is 0.0144. The standard InChI is InChI=1S/C18H26N4O2S/c1-4-5-10-8-12(22-7-6-11(19)18(2,3)9-22)21-16-13(10)14(20)15(25-16)17(23)24/h8,11H,4-7,9,19-20H2,1-3H3,(H,23,24). The fourth-order valence-electron chi connectivity index (χ4n) is 3.54. The molecule has 5 N–H and O–H groups in total. The molecule has 6 nitrogen and oxygen atoms in total. The molecule has 0 spiro atoms. The Morgan fingerprint density at radius 3 is 2.84 bits per heavy atom. The summed E-state index contributed by atoms with van der Waals surface area (Å²) in [4.78, 5) is 19.4. The highest BCUT2D eigenvalue weighted by molar-refractivity contribution is 7.21. The van der Waals surface area contributed by atoms with Crippen molar-refractivity contribution in [1.82, 2.24) is 4.98 Å². The van der Waals surface area contributed by atoms with Crippen molar-refractivity contribution in [2.75, 3.05) is 23.7 Å². The van der Waals surface area contributed by atoms with Gasteiger partial charge in [0.15, 0.2) is 0 Å². The number of aromatic carboxylic acids is 1. The maximum Gasteiger partial charge on any atom is 0.348 e. The van der Waals surface area contributed by atoms with Crippen molar-refractivity contribution >= 4 is 39.0 Å². The minimum atomic E-state index is -0.991. The molecule has 0 saturated carbocycles. The van der Waals surface area contributed by atoms with E-state index in [0.717, 1.165) is 60.5 Å². The van der Waals surface area contributed by atoms with Crippen LogP contribution in [0.4, 0.5) is 11.5 Å². The number of pyridine rings is 1. The van der Waals surface area contributed by atoms with Crippen molar-refractivity contribution in [3.63, 3.8) is 0 Å². The van der Waals surface area contributed by atoms with E-state index in [2.05, 4.69) is 31.7 Å². The fourth-order valence-corrected chi connectivity index (χ4v) is 4.52. The molecule has 136 valence electrons. The third-order valence-corrected chi connectivity index (χ3v) is 6.20. The molecule has 1 unspecified atom stereocenters. The molecule has 25 heavy (non-hydrogen) atoms. The number of nitrogens with zero attached hydrogens (tertiary/aromatic N) is 2. The molecule has 1 atom stereocenters. The van der Waals surface area contributed by atoms with Crippen LogP contribution in [-0.4, -0.2) is 35.2 Å². The SMILES string of the molecule is CCCc1cc(N2CCC(N)C(C)(C)C2)nc2sc(C(=O)O)c(N)c12. The molecule has 1 aliphatic rings. The quantitative estimate of drug-likeness (QED) is 0.772. The summed E-state index contributed by atoms with van der Waals surface area (Å²) in [5.41, 5.74) is 13.8. The second kappa shape index (κ2) is 6.46. The zero-order valence-electron chi connectivity index (χ0n) is 15.0. The number of hydrogen-bond acceptors (Lipinski definition) is 6. The van der Waals surface area contributed by atoms with Gasteiger partial charge in [0.05, 0.1) is 5.69 Å². The molecule has 0 amide bonds. The van der Waals surface area contributed by atoms with E-state index in [-0.39, 0.29) is 16.3 Å². The van der Waals surface area contributed by atoms with Gasteiger partial charge in [-0.2, -0.15) is 0 Å². The van der Waals surface area contributed by atoms with Crippen LogP contribution < -0.4 is 16.4 Å². The summed E-state index contributed by atoms with van der Waals surface area (Å²) in [6.07, 6.45) is 2.73. The van der Waals surface area contributed by atoms with Gasteiger partial charge in [-0.15, -0.1) is 11.3 Å². The lowest BCUT2D eigenvalue weighted by atomic mass is 9.79. The van der Waals surface area contributed by atoms with Gasteiger partial charge >= 0.3 is 5.97 Å². The van der Waals surface area contributed by atoms with Crippen LogP contribution in [0.25, 0.3) is 10.2 Å². The molecule has 0 bridgehead atoms. The maximum absolute atomic E-state index is 11.4. The average Bonchev–Trinajstić information content (AvgIpc) is 2.87. The molecule has 3 heterocycles. The fraction of sp³-hybridized carbons (Fsp3) is 0.556. The summed E-state index contributed by atoms with van der Waals surface area (Å²) in [5, 5.41) is 10.2. The van der Waals surface area contributed by atoms with E-state index in [4.69, 9.17) is 16.5 Å². The van der Waals surface area contributed by atoms with Gasteiger partial charge in [0, 0.05) is 24.5 Å². The van der Waals surface area contributed by atoms with Gasteiger partial charge in [-0.25, -0.2) is 9.78 Å². The Morgan fingerprint density at radius 2 is 2.24 bits per heavy atom. The Bertz CT molecular complexity index is 815. The van der Waals surface area contributed by atoms with E-state index in [1.807, 2.05) is 0 Å². The third-order valence-electron chi connectivity index (χ3n) is 5.12. The molecule has 0 radical (unpaired) electrons. The number of hydrogen-bond donors (Lipinski definition) is 3. The largest absolute Gasteiger partial charge is 0.477 e. The number of aromatic nitrogens is 1. The van der Waals surface area contributed by atoms with Crippen LogP contribution in [0.1, 0.15) is 48.8 Å². The Morgan fingerprint density at radius 1 is 1.52 bits per heavy atom. The van der Waals surface area contributed by atoms with E-state index in [9.17, 15) is 9.90 Å². The second-order valence-corrected chi connectivity index (χ2v) is 8.52. The number of nitrogen functional groups attached to an aromatic ring is 1. The first-order valence-electron chi connectivity index (χ1n) is 8.70. The molecule has 0 aliphatic carbocycles. The van der Waals surface area contributed by atoms with Crippen LogP contribution in [0.15, 0.2) is 6.07 Å². The highest BCUT2D eigenvalue weighted by Crippen LogP contribution is 2.38. The predicted molar refractivity (Wildman–Crippen MR) is 104 cm³/mol. The molecule has 1 aliphatic heterocycles. The average molecular weight is 362 g/mol. The first-order chi connectivity index (χ1) is 11.7. The smallest absolute Gasteiger partial charge is 0.348 e. The number of rotatable bonds is 4. The molecule has 1 fully saturated rings. The van der Waals surface area contributed by atoms with Crippen molar-refractivity contribution in [1.29, 1.82) is 0 Å². The van der Waals surface area contributed by atoms with Gasteiger partial charge in [-0.05, 0) is 29.9 Å². The highest BCUT2D eigenvalue weighted by Gasteiger charge is 2.34. The number of carbonyl (C=O) groups is 1. The minimum Gasteiger partial charge on any atom is -0.477 e. The number of piperidine rings is 1. The topological polar surface area (TPSA) is 105 Å². The van der Waals surface area contributed by atoms with Gasteiger partial charge < -0.3 is 21.5 Å². The van der Waals surface area contributed by atoms with Crippen LogP contribution in [0, 0.1) is 5.41 Å².